The first-order valence-electron chi connectivity index (χ1n) is 11.0. The Hall–Kier alpha value is -4.25. The molecule has 1 aliphatic rings. The van der Waals surface area contributed by atoms with Crippen LogP contribution in [0.4, 0.5) is 27.8 Å². The molecule has 1 saturated heterocycles. The molecule has 4 aromatic rings. The zero-order valence-electron chi connectivity index (χ0n) is 18.9. The third kappa shape index (κ3) is 4.33. The highest BCUT2D eigenvalue weighted by atomic mass is 16.5. The van der Waals surface area contributed by atoms with Gasteiger partial charge in [0.2, 0.25) is 0 Å². The predicted octanol–water partition coefficient (Wildman–Crippen LogP) is 3.07. The molecule has 2 amide bonds. The van der Waals surface area contributed by atoms with Gasteiger partial charge in [0.15, 0.2) is 11.5 Å². The van der Waals surface area contributed by atoms with Gasteiger partial charge in [-0.3, -0.25) is 0 Å². The SMILES string of the molecule is Cc1nc(N)cc(-c2c(Nc3ccc(NC(=O)N4CCOCC4C)cc3)nc3cccnn23)n1. The molecule has 4 N–H and O–H groups in total. The molecule has 5 rings (SSSR count). The Bertz CT molecular complexity index is 1320. The quantitative estimate of drug-likeness (QED) is 0.424. The fourth-order valence-electron chi connectivity index (χ4n) is 3.92. The van der Waals surface area contributed by atoms with E-state index in [1.54, 1.807) is 28.6 Å². The van der Waals surface area contributed by atoms with Gasteiger partial charge in [0, 0.05) is 30.2 Å². The molecule has 1 unspecified atom stereocenters. The lowest BCUT2D eigenvalue weighted by Crippen LogP contribution is -2.48. The van der Waals surface area contributed by atoms with Crippen LogP contribution in [0.5, 0.6) is 0 Å². The summed E-state index contributed by atoms with van der Waals surface area (Å²) < 4.78 is 7.11. The van der Waals surface area contributed by atoms with Crippen LogP contribution in [0.2, 0.25) is 0 Å². The monoisotopic (exact) mass is 459 g/mol. The molecule has 0 radical (unpaired) electrons. The highest BCUT2D eigenvalue weighted by Gasteiger charge is 2.24. The van der Waals surface area contributed by atoms with Gasteiger partial charge >= 0.3 is 6.03 Å². The highest BCUT2D eigenvalue weighted by molar-refractivity contribution is 5.90. The number of imidazole rings is 1. The second-order valence-corrected chi connectivity index (χ2v) is 8.08. The molecule has 3 aromatic heterocycles. The van der Waals surface area contributed by atoms with E-state index in [9.17, 15) is 4.79 Å². The average molecular weight is 460 g/mol. The maximum atomic E-state index is 12.6. The molecular formula is C23H25N9O2. The van der Waals surface area contributed by atoms with E-state index in [1.807, 2.05) is 43.3 Å². The lowest BCUT2D eigenvalue weighted by molar-refractivity contribution is 0.0222. The van der Waals surface area contributed by atoms with Gasteiger partial charge in [-0.2, -0.15) is 5.10 Å². The van der Waals surface area contributed by atoms with Crippen LogP contribution in [-0.2, 0) is 4.74 Å². The van der Waals surface area contributed by atoms with Gasteiger partial charge in [-0.05, 0) is 50.2 Å². The first kappa shape index (κ1) is 21.6. The van der Waals surface area contributed by atoms with Crippen molar-refractivity contribution < 1.29 is 9.53 Å². The summed E-state index contributed by atoms with van der Waals surface area (Å²) in [6.07, 6.45) is 1.69. The Labute approximate surface area is 196 Å². The van der Waals surface area contributed by atoms with Gasteiger partial charge in [-0.1, -0.05) is 0 Å². The number of carbonyl (C=O) groups excluding carboxylic acids is 1. The first-order valence-corrected chi connectivity index (χ1v) is 11.0. The Kier molecular flexibility index (Phi) is 5.68. The summed E-state index contributed by atoms with van der Waals surface area (Å²) >= 11 is 0. The van der Waals surface area contributed by atoms with Crippen LogP contribution in [0.3, 0.4) is 0 Å². The lowest BCUT2D eigenvalue weighted by Gasteiger charge is -2.33. The summed E-state index contributed by atoms with van der Waals surface area (Å²) in [5, 5.41) is 10.7. The topological polar surface area (TPSA) is 136 Å². The van der Waals surface area contributed by atoms with E-state index in [2.05, 4.69) is 30.7 Å². The Morgan fingerprint density at radius 2 is 1.94 bits per heavy atom. The number of aromatic nitrogens is 5. The van der Waals surface area contributed by atoms with Crippen LogP contribution in [0.1, 0.15) is 12.7 Å². The number of hydrogen-bond donors (Lipinski definition) is 3. The van der Waals surface area contributed by atoms with E-state index in [4.69, 9.17) is 10.5 Å². The minimum absolute atomic E-state index is 0.0382. The van der Waals surface area contributed by atoms with Crippen molar-refractivity contribution in [1.82, 2.24) is 29.5 Å². The molecule has 1 fully saturated rings. The fraction of sp³-hybridized carbons (Fsp3) is 0.261. The number of nitrogens with zero attached hydrogens (tertiary/aromatic N) is 6. The second-order valence-electron chi connectivity index (χ2n) is 8.08. The van der Waals surface area contributed by atoms with Crippen LogP contribution in [0.25, 0.3) is 17.0 Å². The highest BCUT2D eigenvalue weighted by Crippen LogP contribution is 2.30. The number of hydrogen-bond acceptors (Lipinski definition) is 8. The van der Waals surface area contributed by atoms with E-state index in [0.717, 1.165) is 5.69 Å². The number of amides is 2. The minimum atomic E-state index is -0.137. The van der Waals surface area contributed by atoms with Crippen molar-refractivity contribution in [3.05, 3.63) is 54.5 Å². The molecule has 0 aliphatic carbocycles. The smallest absolute Gasteiger partial charge is 0.322 e. The number of nitrogens with one attached hydrogen (secondary N) is 2. The molecule has 11 heteroatoms. The van der Waals surface area contributed by atoms with Crippen molar-refractivity contribution >= 4 is 34.7 Å². The largest absolute Gasteiger partial charge is 0.384 e. The van der Waals surface area contributed by atoms with Crippen molar-refractivity contribution in [2.45, 2.75) is 19.9 Å². The third-order valence-electron chi connectivity index (χ3n) is 5.52. The fourth-order valence-corrected chi connectivity index (χ4v) is 3.92. The summed E-state index contributed by atoms with van der Waals surface area (Å²) in [5.74, 6) is 1.51. The van der Waals surface area contributed by atoms with Crippen molar-refractivity contribution in [2.24, 2.45) is 0 Å². The van der Waals surface area contributed by atoms with Crippen molar-refractivity contribution in [2.75, 3.05) is 36.1 Å². The zero-order chi connectivity index (χ0) is 23.7. The first-order chi connectivity index (χ1) is 16.5. The number of benzene rings is 1. The summed E-state index contributed by atoms with van der Waals surface area (Å²) in [5.41, 5.74) is 9.41. The molecule has 174 valence electrons. The molecule has 0 saturated carbocycles. The Balaban J connectivity index is 1.40. The number of carbonyl (C=O) groups is 1. The van der Waals surface area contributed by atoms with E-state index in [1.165, 1.54) is 0 Å². The van der Waals surface area contributed by atoms with E-state index < -0.39 is 0 Å². The van der Waals surface area contributed by atoms with Gasteiger partial charge in [0.1, 0.15) is 17.3 Å². The molecule has 0 spiro atoms. The number of rotatable bonds is 4. The van der Waals surface area contributed by atoms with Crippen LogP contribution in [-0.4, -0.2) is 61.3 Å². The van der Waals surface area contributed by atoms with Crippen LogP contribution >= 0.6 is 0 Å². The molecule has 1 aromatic carbocycles. The van der Waals surface area contributed by atoms with Crippen LogP contribution in [0, 0.1) is 6.92 Å². The molecule has 1 aliphatic heterocycles. The lowest BCUT2D eigenvalue weighted by atomic mass is 10.2. The second kappa shape index (κ2) is 8.94. The Morgan fingerprint density at radius 3 is 2.71 bits per heavy atom. The number of ether oxygens (including phenoxy) is 1. The number of anilines is 4. The zero-order valence-corrected chi connectivity index (χ0v) is 18.9. The molecule has 0 bridgehead atoms. The van der Waals surface area contributed by atoms with Crippen molar-refractivity contribution in [3.63, 3.8) is 0 Å². The number of aryl methyl sites for hydroxylation is 1. The van der Waals surface area contributed by atoms with E-state index in [-0.39, 0.29) is 12.1 Å². The van der Waals surface area contributed by atoms with Gasteiger partial charge in [0.25, 0.3) is 0 Å². The molecule has 1 atom stereocenters. The summed E-state index contributed by atoms with van der Waals surface area (Å²) in [4.78, 5) is 27.8. The van der Waals surface area contributed by atoms with Crippen LogP contribution < -0.4 is 16.4 Å². The van der Waals surface area contributed by atoms with Crippen LogP contribution in [0.15, 0.2) is 48.7 Å². The van der Waals surface area contributed by atoms with Crippen molar-refractivity contribution in [3.8, 4) is 11.4 Å². The third-order valence-corrected chi connectivity index (χ3v) is 5.52. The molecule has 11 nitrogen and oxygen atoms in total. The maximum absolute atomic E-state index is 12.6. The van der Waals surface area contributed by atoms with Gasteiger partial charge in [0.05, 0.1) is 24.9 Å². The number of morpholine rings is 1. The Morgan fingerprint density at radius 1 is 1.15 bits per heavy atom. The van der Waals surface area contributed by atoms with E-state index in [0.29, 0.717) is 59.9 Å². The number of nitrogen functional groups attached to an aromatic ring is 1. The van der Waals surface area contributed by atoms with E-state index >= 15 is 0 Å². The standard InChI is InChI=1S/C23H25N9O2/c1-14-13-34-11-10-31(14)23(33)29-17-7-5-16(6-8-17)28-22-21(18-12-19(24)27-15(2)26-18)32-20(30-22)4-3-9-25-32/h3-9,12,14,28H,10-11,13H2,1-2H3,(H,29,33)(H2,24,26,27). The maximum Gasteiger partial charge on any atom is 0.322 e. The molecular weight excluding hydrogens is 434 g/mol. The summed E-state index contributed by atoms with van der Waals surface area (Å²) in [7, 11) is 0. The van der Waals surface area contributed by atoms with Gasteiger partial charge in [-0.25, -0.2) is 24.3 Å². The number of nitrogens with two attached hydrogens (primary N) is 1. The number of urea groups is 1. The number of fused-ring (bicyclic) bond motifs is 1. The minimum Gasteiger partial charge on any atom is -0.384 e. The molecule has 4 heterocycles. The van der Waals surface area contributed by atoms with Gasteiger partial charge < -0.3 is 26.0 Å². The van der Waals surface area contributed by atoms with Gasteiger partial charge in [-0.15, -0.1) is 0 Å². The van der Waals surface area contributed by atoms with Crippen molar-refractivity contribution in [1.29, 1.82) is 0 Å². The summed E-state index contributed by atoms with van der Waals surface area (Å²) in [6, 6.07) is 12.7. The average Bonchev–Trinajstić information content (AvgIpc) is 3.18. The summed E-state index contributed by atoms with van der Waals surface area (Å²) in [6.45, 7) is 5.43. The normalized spacial score (nSPS) is 15.9. The predicted molar refractivity (Wildman–Crippen MR) is 129 cm³/mol. The molecule has 34 heavy (non-hydrogen) atoms.